The van der Waals surface area contributed by atoms with E-state index in [2.05, 4.69) is 36.4 Å². The molecule has 98 valence electrons. The third kappa shape index (κ3) is 6.76. The van der Waals surface area contributed by atoms with Crippen LogP contribution >= 0.6 is 11.3 Å². The number of hydrogen-bond acceptors (Lipinski definition) is 4. The van der Waals surface area contributed by atoms with E-state index >= 15 is 0 Å². The minimum absolute atomic E-state index is 0.603. The van der Waals surface area contributed by atoms with Crippen molar-refractivity contribution in [2.24, 2.45) is 0 Å². The van der Waals surface area contributed by atoms with Gasteiger partial charge in [-0.05, 0) is 32.4 Å². The van der Waals surface area contributed by atoms with Gasteiger partial charge in [0.15, 0.2) is 0 Å². The molecule has 0 radical (unpaired) electrons. The summed E-state index contributed by atoms with van der Waals surface area (Å²) in [6, 6.07) is 0.603. The first kappa shape index (κ1) is 14.6. The smallest absolute Gasteiger partial charge is 0.107 e. The highest BCUT2D eigenvalue weighted by atomic mass is 32.1. The molecule has 0 aliphatic heterocycles. The van der Waals surface area contributed by atoms with Crippen LogP contribution in [0.3, 0.4) is 0 Å². The molecule has 3 nitrogen and oxygen atoms in total. The van der Waals surface area contributed by atoms with Crippen LogP contribution in [-0.4, -0.2) is 24.1 Å². The predicted octanol–water partition coefficient (Wildman–Crippen LogP) is 2.57. The van der Waals surface area contributed by atoms with Gasteiger partial charge >= 0.3 is 0 Å². The van der Waals surface area contributed by atoms with Crippen LogP contribution in [0.4, 0.5) is 0 Å². The van der Waals surface area contributed by atoms with Gasteiger partial charge in [0.2, 0.25) is 0 Å². The first-order valence-electron chi connectivity index (χ1n) is 6.60. The van der Waals surface area contributed by atoms with Crippen LogP contribution in [0, 0.1) is 0 Å². The van der Waals surface area contributed by atoms with Gasteiger partial charge in [0.25, 0.3) is 0 Å². The maximum absolute atomic E-state index is 4.39. The lowest BCUT2D eigenvalue weighted by atomic mass is 10.3. The molecule has 1 aromatic heterocycles. The summed E-state index contributed by atoms with van der Waals surface area (Å²) in [5.74, 6) is 0. The minimum Gasteiger partial charge on any atom is -0.315 e. The van der Waals surface area contributed by atoms with Gasteiger partial charge in [0.05, 0.1) is 0 Å². The van der Waals surface area contributed by atoms with Crippen molar-refractivity contribution in [1.82, 2.24) is 15.6 Å². The van der Waals surface area contributed by atoms with Crippen LogP contribution in [0.5, 0.6) is 0 Å². The highest BCUT2D eigenvalue weighted by molar-refractivity contribution is 7.11. The third-order valence-electron chi connectivity index (χ3n) is 2.56. The molecule has 0 unspecified atom stereocenters. The Bertz CT molecular complexity index is 297. The Hall–Kier alpha value is -0.450. The average molecular weight is 255 g/mol. The standard InChI is InChI=1S/C13H25N3S/c1-4-12-9-16-13(17-12)10-14-7-5-6-8-15-11(2)3/h9,11,14-15H,4-8,10H2,1-3H3. The molecule has 0 aromatic carbocycles. The summed E-state index contributed by atoms with van der Waals surface area (Å²) in [6.07, 6.45) is 5.56. The molecule has 0 bridgehead atoms. The number of nitrogens with zero attached hydrogens (tertiary/aromatic N) is 1. The van der Waals surface area contributed by atoms with Crippen molar-refractivity contribution in [3.05, 3.63) is 16.1 Å². The maximum atomic E-state index is 4.39. The van der Waals surface area contributed by atoms with Crippen molar-refractivity contribution in [2.75, 3.05) is 13.1 Å². The molecule has 0 aliphatic carbocycles. The average Bonchev–Trinajstić information content (AvgIpc) is 2.75. The molecular weight excluding hydrogens is 230 g/mol. The zero-order valence-corrected chi connectivity index (χ0v) is 12.1. The van der Waals surface area contributed by atoms with Gasteiger partial charge in [0, 0.05) is 23.7 Å². The zero-order chi connectivity index (χ0) is 12.5. The molecule has 1 rings (SSSR count). The molecule has 0 saturated heterocycles. The lowest BCUT2D eigenvalue weighted by Gasteiger charge is -2.07. The highest BCUT2D eigenvalue weighted by Crippen LogP contribution is 2.12. The van der Waals surface area contributed by atoms with Gasteiger partial charge in [-0.15, -0.1) is 11.3 Å². The van der Waals surface area contributed by atoms with Crippen molar-refractivity contribution in [1.29, 1.82) is 0 Å². The van der Waals surface area contributed by atoms with E-state index in [0.717, 1.165) is 26.1 Å². The number of aromatic nitrogens is 1. The summed E-state index contributed by atoms with van der Waals surface area (Å²) in [4.78, 5) is 5.77. The largest absolute Gasteiger partial charge is 0.315 e. The van der Waals surface area contributed by atoms with E-state index in [4.69, 9.17) is 0 Å². The molecule has 1 aromatic rings. The van der Waals surface area contributed by atoms with Gasteiger partial charge in [-0.2, -0.15) is 0 Å². The van der Waals surface area contributed by atoms with Crippen molar-refractivity contribution in [3.8, 4) is 0 Å². The summed E-state index contributed by atoms with van der Waals surface area (Å²) in [6.45, 7) is 9.67. The molecule has 4 heteroatoms. The number of nitrogens with one attached hydrogen (secondary N) is 2. The van der Waals surface area contributed by atoms with Crippen molar-refractivity contribution in [2.45, 2.75) is 52.6 Å². The SMILES string of the molecule is CCc1cnc(CNCCCCNC(C)C)s1. The third-order valence-corrected chi connectivity index (χ3v) is 3.70. The fraction of sp³-hybridized carbons (Fsp3) is 0.769. The topological polar surface area (TPSA) is 37.0 Å². The molecule has 0 aliphatic rings. The van der Waals surface area contributed by atoms with E-state index < -0.39 is 0 Å². The van der Waals surface area contributed by atoms with Crippen molar-refractivity contribution < 1.29 is 0 Å². The second-order valence-electron chi connectivity index (χ2n) is 4.57. The fourth-order valence-corrected chi connectivity index (χ4v) is 2.39. The van der Waals surface area contributed by atoms with Gasteiger partial charge in [0.1, 0.15) is 5.01 Å². The lowest BCUT2D eigenvalue weighted by Crippen LogP contribution is -2.24. The van der Waals surface area contributed by atoms with Crippen molar-refractivity contribution >= 4 is 11.3 Å². The van der Waals surface area contributed by atoms with Crippen LogP contribution in [0.15, 0.2) is 6.20 Å². The number of unbranched alkanes of at least 4 members (excludes halogenated alkanes) is 1. The first-order valence-corrected chi connectivity index (χ1v) is 7.41. The second-order valence-corrected chi connectivity index (χ2v) is 5.77. The summed E-state index contributed by atoms with van der Waals surface area (Å²) < 4.78 is 0. The Balaban J connectivity index is 1.97. The van der Waals surface area contributed by atoms with E-state index in [1.807, 2.05) is 17.5 Å². The number of rotatable bonds is 9. The molecule has 1 heterocycles. The number of aryl methyl sites for hydroxylation is 1. The van der Waals surface area contributed by atoms with Gasteiger partial charge in [-0.3, -0.25) is 0 Å². The molecule has 2 N–H and O–H groups in total. The van der Waals surface area contributed by atoms with Crippen LogP contribution in [-0.2, 0) is 13.0 Å². The summed E-state index contributed by atoms with van der Waals surface area (Å²) in [5, 5.41) is 8.08. The van der Waals surface area contributed by atoms with Crippen LogP contribution in [0.1, 0.15) is 43.5 Å². The monoisotopic (exact) mass is 255 g/mol. The normalized spacial score (nSPS) is 11.3. The van der Waals surface area contributed by atoms with E-state index in [1.165, 1.54) is 22.7 Å². The van der Waals surface area contributed by atoms with Gasteiger partial charge < -0.3 is 10.6 Å². The number of thiazole rings is 1. The second kappa shape index (κ2) is 8.61. The molecule has 17 heavy (non-hydrogen) atoms. The molecule has 0 atom stereocenters. The highest BCUT2D eigenvalue weighted by Gasteiger charge is 1.99. The first-order chi connectivity index (χ1) is 8.22. The zero-order valence-electron chi connectivity index (χ0n) is 11.3. The van der Waals surface area contributed by atoms with E-state index in [-0.39, 0.29) is 0 Å². The lowest BCUT2D eigenvalue weighted by molar-refractivity contribution is 0.541. The quantitative estimate of drug-likeness (QED) is 0.666. The Labute approximate surface area is 109 Å². The molecule has 0 saturated carbocycles. The Morgan fingerprint density at radius 2 is 2.06 bits per heavy atom. The summed E-state index contributed by atoms with van der Waals surface area (Å²) in [5.41, 5.74) is 0. The summed E-state index contributed by atoms with van der Waals surface area (Å²) >= 11 is 1.82. The summed E-state index contributed by atoms with van der Waals surface area (Å²) in [7, 11) is 0. The Morgan fingerprint density at radius 3 is 2.71 bits per heavy atom. The minimum atomic E-state index is 0.603. The molecule has 0 fully saturated rings. The Kier molecular flexibility index (Phi) is 7.40. The van der Waals surface area contributed by atoms with Gasteiger partial charge in [-0.1, -0.05) is 20.8 Å². The predicted molar refractivity (Wildman–Crippen MR) is 75.6 cm³/mol. The van der Waals surface area contributed by atoms with Gasteiger partial charge in [-0.25, -0.2) is 4.98 Å². The molecule has 0 spiro atoms. The van der Waals surface area contributed by atoms with E-state index in [1.54, 1.807) is 0 Å². The maximum Gasteiger partial charge on any atom is 0.107 e. The van der Waals surface area contributed by atoms with E-state index in [0.29, 0.717) is 6.04 Å². The van der Waals surface area contributed by atoms with Crippen LogP contribution in [0.2, 0.25) is 0 Å². The molecular formula is C13H25N3S. The van der Waals surface area contributed by atoms with Crippen LogP contribution in [0.25, 0.3) is 0 Å². The fourth-order valence-electron chi connectivity index (χ4n) is 1.55. The van der Waals surface area contributed by atoms with Crippen LogP contribution < -0.4 is 10.6 Å². The number of hydrogen-bond donors (Lipinski definition) is 2. The van der Waals surface area contributed by atoms with Crippen molar-refractivity contribution in [3.63, 3.8) is 0 Å². The molecule has 0 amide bonds. The van der Waals surface area contributed by atoms with E-state index in [9.17, 15) is 0 Å². The Morgan fingerprint density at radius 1 is 1.29 bits per heavy atom.